The molecule has 0 amide bonds. The van der Waals surface area contributed by atoms with Crippen LogP contribution in [0.3, 0.4) is 0 Å². The van der Waals surface area contributed by atoms with Gasteiger partial charge in [0.15, 0.2) is 0 Å². The summed E-state index contributed by atoms with van der Waals surface area (Å²) < 4.78 is 0. The van der Waals surface area contributed by atoms with Crippen molar-refractivity contribution in [2.24, 2.45) is 0 Å². The maximum Gasteiger partial charge on any atom is -0.0260 e. The Labute approximate surface area is 107 Å². The van der Waals surface area contributed by atoms with Crippen molar-refractivity contribution in [3.05, 3.63) is 41.5 Å². The molecule has 0 spiro atoms. The Morgan fingerprint density at radius 1 is 0.882 bits per heavy atom. The number of hydrogen-bond acceptors (Lipinski definition) is 0. The first-order chi connectivity index (χ1) is 8.36. The van der Waals surface area contributed by atoms with Crippen LogP contribution in [0.2, 0.25) is 0 Å². The molecule has 0 nitrogen and oxygen atoms in total. The average Bonchev–Trinajstić information content (AvgIpc) is 2.37. The second-order valence-corrected chi connectivity index (χ2v) is 4.74. The quantitative estimate of drug-likeness (QED) is 0.508. The lowest BCUT2D eigenvalue weighted by molar-refractivity contribution is 0.730. The monoisotopic (exact) mass is 230 g/mol. The summed E-state index contributed by atoms with van der Waals surface area (Å²) in [5.41, 5.74) is 2.80. The van der Waals surface area contributed by atoms with Crippen LogP contribution in [-0.4, -0.2) is 0 Å². The third-order valence-corrected chi connectivity index (χ3v) is 3.08. The molecule has 0 fully saturated rings. The van der Waals surface area contributed by atoms with Gasteiger partial charge in [-0.15, -0.1) is 0 Å². The van der Waals surface area contributed by atoms with Gasteiger partial charge in [0.05, 0.1) is 0 Å². The highest BCUT2D eigenvalue weighted by molar-refractivity contribution is 5.49. The number of allylic oxidation sites excluding steroid dienone is 1. The van der Waals surface area contributed by atoms with Crippen LogP contribution in [0.25, 0.3) is 6.08 Å². The summed E-state index contributed by atoms with van der Waals surface area (Å²) in [6.07, 6.45) is 13.5. The molecule has 0 bridgehead atoms. The van der Waals surface area contributed by atoms with Crippen molar-refractivity contribution in [2.45, 2.75) is 58.8 Å². The number of aryl methyl sites for hydroxylation is 1. The van der Waals surface area contributed by atoms with Crippen LogP contribution in [0, 0.1) is 0 Å². The molecule has 0 saturated heterocycles. The van der Waals surface area contributed by atoms with Crippen molar-refractivity contribution in [1.82, 2.24) is 0 Å². The van der Waals surface area contributed by atoms with Crippen molar-refractivity contribution in [3.63, 3.8) is 0 Å². The highest BCUT2D eigenvalue weighted by Gasteiger charge is 1.92. The zero-order valence-electron chi connectivity index (χ0n) is 11.4. The fourth-order valence-corrected chi connectivity index (χ4v) is 1.91. The molecule has 1 rings (SSSR count). The largest absolute Gasteiger partial charge is 0.0839 e. The molecule has 0 aliphatic heterocycles. The van der Waals surface area contributed by atoms with Crippen LogP contribution >= 0.6 is 0 Å². The third-order valence-electron chi connectivity index (χ3n) is 3.08. The van der Waals surface area contributed by atoms with Crippen molar-refractivity contribution < 1.29 is 0 Å². The summed E-state index contributed by atoms with van der Waals surface area (Å²) in [5, 5.41) is 0. The van der Waals surface area contributed by atoms with Crippen LogP contribution in [0.5, 0.6) is 0 Å². The summed E-state index contributed by atoms with van der Waals surface area (Å²) in [7, 11) is 0. The van der Waals surface area contributed by atoms with Gasteiger partial charge in [-0.25, -0.2) is 0 Å². The smallest absolute Gasteiger partial charge is 0.0260 e. The van der Waals surface area contributed by atoms with Crippen LogP contribution in [0.15, 0.2) is 30.3 Å². The van der Waals surface area contributed by atoms with Gasteiger partial charge in [-0.05, 0) is 36.8 Å². The lowest BCUT2D eigenvalue weighted by atomic mass is 10.1. The van der Waals surface area contributed by atoms with Gasteiger partial charge in [0.1, 0.15) is 0 Å². The van der Waals surface area contributed by atoms with Crippen LogP contribution < -0.4 is 0 Å². The molecule has 0 unspecified atom stereocenters. The van der Waals surface area contributed by atoms with Crippen molar-refractivity contribution in [3.8, 4) is 0 Å². The molecular weight excluding hydrogens is 204 g/mol. The lowest BCUT2D eigenvalue weighted by Gasteiger charge is -2.00. The zero-order valence-corrected chi connectivity index (χ0v) is 11.4. The molecular formula is C17H26. The van der Waals surface area contributed by atoms with E-state index in [9.17, 15) is 0 Å². The first-order valence-electron chi connectivity index (χ1n) is 7.12. The molecule has 0 radical (unpaired) electrons. The van der Waals surface area contributed by atoms with Crippen molar-refractivity contribution in [2.75, 3.05) is 0 Å². The summed E-state index contributed by atoms with van der Waals surface area (Å²) in [6, 6.07) is 9.01. The second kappa shape index (κ2) is 9.04. The molecule has 0 atom stereocenters. The van der Waals surface area contributed by atoms with E-state index in [1.807, 2.05) is 0 Å². The Morgan fingerprint density at radius 3 is 2.24 bits per heavy atom. The molecule has 0 saturated carbocycles. The third kappa shape index (κ3) is 6.31. The van der Waals surface area contributed by atoms with Crippen LogP contribution in [-0.2, 0) is 6.42 Å². The van der Waals surface area contributed by atoms with E-state index in [0.29, 0.717) is 0 Å². The molecule has 1 aromatic carbocycles. The fourth-order valence-electron chi connectivity index (χ4n) is 1.91. The molecule has 0 aliphatic carbocycles. The molecule has 0 aromatic heterocycles. The molecule has 0 N–H and O–H groups in total. The average molecular weight is 230 g/mol. The Bertz CT molecular complexity index is 305. The van der Waals surface area contributed by atoms with E-state index in [0.717, 1.165) is 0 Å². The summed E-state index contributed by atoms with van der Waals surface area (Å²) in [6.45, 7) is 4.49. The van der Waals surface area contributed by atoms with Crippen molar-refractivity contribution >= 4 is 6.08 Å². The van der Waals surface area contributed by atoms with E-state index >= 15 is 0 Å². The summed E-state index contributed by atoms with van der Waals surface area (Å²) in [5.74, 6) is 0. The minimum atomic E-state index is 1.21. The highest BCUT2D eigenvalue weighted by Crippen LogP contribution is 2.10. The van der Waals surface area contributed by atoms with Crippen LogP contribution in [0.1, 0.15) is 63.5 Å². The minimum Gasteiger partial charge on any atom is -0.0839 e. The van der Waals surface area contributed by atoms with E-state index in [1.54, 1.807) is 0 Å². The topological polar surface area (TPSA) is 0 Å². The Kier molecular flexibility index (Phi) is 7.46. The van der Waals surface area contributed by atoms with E-state index in [2.05, 4.69) is 50.3 Å². The summed E-state index contributed by atoms with van der Waals surface area (Å²) >= 11 is 0. The SMILES string of the molecule is CCCCCC=Cc1ccc(CCCC)cc1. The predicted molar refractivity (Wildman–Crippen MR) is 78.2 cm³/mol. The van der Waals surface area contributed by atoms with E-state index in [1.165, 1.54) is 56.1 Å². The maximum absolute atomic E-state index is 2.30. The molecule has 94 valence electrons. The molecule has 0 heterocycles. The van der Waals surface area contributed by atoms with Gasteiger partial charge in [-0.3, -0.25) is 0 Å². The first-order valence-corrected chi connectivity index (χ1v) is 7.12. The second-order valence-electron chi connectivity index (χ2n) is 4.74. The number of hydrogen-bond donors (Lipinski definition) is 0. The standard InChI is InChI=1S/C17H26/c1-3-5-7-8-9-11-17-14-12-16(13-15-17)10-6-4-2/h9,11-15H,3-8,10H2,1-2H3. The van der Waals surface area contributed by atoms with Gasteiger partial charge in [0.25, 0.3) is 0 Å². The number of unbranched alkanes of at least 4 members (excludes halogenated alkanes) is 4. The van der Waals surface area contributed by atoms with E-state index in [4.69, 9.17) is 0 Å². The maximum atomic E-state index is 2.30. The molecule has 1 aromatic rings. The Hall–Kier alpha value is -1.04. The van der Waals surface area contributed by atoms with Gasteiger partial charge >= 0.3 is 0 Å². The highest BCUT2D eigenvalue weighted by atomic mass is 14.0. The summed E-state index contributed by atoms with van der Waals surface area (Å²) in [4.78, 5) is 0. The van der Waals surface area contributed by atoms with Gasteiger partial charge in [-0.2, -0.15) is 0 Å². The fraction of sp³-hybridized carbons (Fsp3) is 0.529. The molecule has 17 heavy (non-hydrogen) atoms. The van der Waals surface area contributed by atoms with Gasteiger partial charge < -0.3 is 0 Å². The van der Waals surface area contributed by atoms with Crippen LogP contribution in [0.4, 0.5) is 0 Å². The predicted octanol–water partition coefficient (Wildman–Crippen LogP) is 5.62. The van der Waals surface area contributed by atoms with E-state index in [-0.39, 0.29) is 0 Å². The van der Waals surface area contributed by atoms with Crippen molar-refractivity contribution in [1.29, 1.82) is 0 Å². The molecule has 0 aliphatic rings. The lowest BCUT2D eigenvalue weighted by Crippen LogP contribution is -1.84. The minimum absolute atomic E-state index is 1.21. The van der Waals surface area contributed by atoms with E-state index < -0.39 is 0 Å². The molecule has 0 heteroatoms. The normalized spacial score (nSPS) is 11.2. The Morgan fingerprint density at radius 2 is 1.59 bits per heavy atom. The van der Waals surface area contributed by atoms with Gasteiger partial charge in [-0.1, -0.05) is 69.5 Å². The Balaban J connectivity index is 2.34. The number of benzene rings is 1. The zero-order chi connectivity index (χ0) is 12.3. The van der Waals surface area contributed by atoms with Gasteiger partial charge in [0, 0.05) is 0 Å². The number of rotatable bonds is 8. The van der Waals surface area contributed by atoms with Gasteiger partial charge in [0.2, 0.25) is 0 Å². The first kappa shape index (κ1) is 14.0.